The molecule has 0 aromatic heterocycles. The molecular formula is C11H9NO2. The van der Waals surface area contributed by atoms with E-state index in [0.717, 1.165) is 5.56 Å². The summed E-state index contributed by atoms with van der Waals surface area (Å²) in [5.74, 6) is -0.352. The Morgan fingerprint density at radius 2 is 1.93 bits per heavy atom. The molecule has 3 nitrogen and oxygen atoms in total. The fourth-order valence-electron chi connectivity index (χ4n) is 2.33. The van der Waals surface area contributed by atoms with Gasteiger partial charge < -0.3 is 0 Å². The van der Waals surface area contributed by atoms with E-state index in [1.54, 1.807) is 0 Å². The molecule has 1 N–H and O–H groups in total. The highest BCUT2D eigenvalue weighted by atomic mass is 16.2. The molecule has 70 valence electrons. The first kappa shape index (κ1) is 7.74. The number of hydrogen-bond acceptors (Lipinski definition) is 2. The smallest absolute Gasteiger partial charge is 0.238 e. The number of piperidine rings is 1. The molecule has 3 heteroatoms. The molecule has 1 aliphatic heterocycles. The molecular weight excluding hydrogens is 178 g/mol. The predicted octanol–water partition coefficient (Wildman–Crippen LogP) is 0.601. The minimum atomic E-state index is -0.516. The summed E-state index contributed by atoms with van der Waals surface area (Å²) in [5.41, 5.74) is 0.451. The number of imide groups is 1. The zero-order valence-corrected chi connectivity index (χ0v) is 7.49. The van der Waals surface area contributed by atoms with E-state index < -0.39 is 5.41 Å². The van der Waals surface area contributed by atoms with Gasteiger partial charge in [0.15, 0.2) is 0 Å². The summed E-state index contributed by atoms with van der Waals surface area (Å²) < 4.78 is 0. The van der Waals surface area contributed by atoms with Crippen LogP contribution in [0.15, 0.2) is 30.3 Å². The first-order valence-corrected chi connectivity index (χ1v) is 4.66. The average molecular weight is 187 g/mol. The van der Waals surface area contributed by atoms with Crippen LogP contribution in [-0.2, 0) is 15.0 Å². The third-order valence-corrected chi connectivity index (χ3v) is 3.21. The Bertz CT molecular complexity index is 426. The van der Waals surface area contributed by atoms with Crippen LogP contribution in [0.1, 0.15) is 12.0 Å². The molecule has 0 bridgehead atoms. The van der Waals surface area contributed by atoms with Crippen LogP contribution in [0.4, 0.5) is 0 Å². The van der Waals surface area contributed by atoms with Crippen molar-refractivity contribution in [2.24, 2.45) is 5.92 Å². The molecule has 0 radical (unpaired) electrons. The molecule has 1 aliphatic carbocycles. The van der Waals surface area contributed by atoms with Crippen LogP contribution in [0.5, 0.6) is 0 Å². The monoisotopic (exact) mass is 187 g/mol. The zero-order chi connectivity index (χ0) is 9.76. The third kappa shape index (κ3) is 0.726. The van der Waals surface area contributed by atoms with Crippen LogP contribution in [0.25, 0.3) is 0 Å². The second-order valence-electron chi connectivity index (χ2n) is 3.91. The van der Waals surface area contributed by atoms with Crippen molar-refractivity contribution < 1.29 is 9.59 Å². The molecule has 1 unspecified atom stereocenters. The lowest BCUT2D eigenvalue weighted by Gasteiger charge is -2.08. The SMILES string of the molecule is O=C1NC(=O)C2(c3ccccc3)C[C@H]12. The molecule has 1 heterocycles. The van der Waals surface area contributed by atoms with Gasteiger partial charge in [-0.3, -0.25) is 14.9 Å². The van der Waals surface area contributed by atoms with Gasteiger partial charge in [0.05, 0.1) is 11.3 Å². The zero-order valence-electron chi connectivity index (χ0n) is 7.49. The topological polar surface area (TPSA) is 46.2 Å². The second-order valence-corrected chi connectivity index (χ2v) is 3.91. The minimum absolute atomic E-state index is 0.112. The van der Waals surface area contributed by atoms with Gasteiger partial charge in [-0.25, -0.2) is 0 Å². The molecule has 3 rings (SSSR count). The van der Waals surface area contributed by atoms with Crippen molar-refractivity contribution in [3.63, 3.8) is 0 Å². The van der Waals surface area contributed by atoms with Crippen LogP contribution in [-0.4, -0.2) is 11.8 Å². The molecule has 0 spiro atoms. The largest absolute Gasteiger partial charge is 0.295 e. The lowest BCUT2D eigenvalue weighted by molar-refractivity contribution is -0.127. The van der Waals surface area contributed by atoms with Gasteiger partial charge in [-0.05, 0) is 12.0 Å². The third-order valence-electron chi connectivity index (χ3n) is 3.21. The number of fused-ring (bicyclic) bond motifs is 1. The second kappa shape index (κ2) is 2.23. The van der Waals surface area contributed by atoms with E-state index >= 15 is 0 Å². The Hall–Kier alpha value is -1.64. The van der Waals surface area contributed by atoms with Gasteiger partial charge in [-0.1, -0.05) is 30.3 Å². The van der Waals surface area contributed by atoms with Gasteiger partial charge in [0.25, 0.3) is 0 Å². The minimum Gasteiger partial charge on any atom is -0.295 e. The molecule has 2 atom stereocenters. The van der Waals surface area contributed by atoms with Crippen LogP contribution in [0.3, 0.4) is 0 Å². The summed E-state index contributed by atoms with van der Waals surface area (Å²) in [6.07, 6.45) is 0.682. The summed E-state index contributed by atoms with van der Waals surface area (Å²) in [5, 5.41) is 2.38. The summed E-state index contributed by atoms with van der Waals surface area (Å²) in [7, 11) is 0. The number of amides is 2. The Balaban J connectivity index is 2.09. The molecule has 1 aromatic rings. The van der Waals surface area contributed by atoms with Crippen molar-refractivity contribution in [2.75, 3.05) is 0 Å². The highest BCUT2D eigenvalue weighted by Crippen LogP contribution is 2.57. The van der Waals surface area contributed by atoms with Crippen molar-refractivity contribution >= 4 is 11.8 Å². The average Bonchev–Trinajstić information content (AvgIpc) is 2.90. The van der Waals surface area contributed by atoms with Crippen molar-refractivity contribution in [2.45, 2.75) is 11.8 Å². The van der Waals surface area contributed by atoms with Gasteiger partial charge in [0, 0.05) is 0 Å². The predicted molar refractivity (Wildman–Crippen MR) is 49.4 cm³/mol. The van der Waals surface area contributed by atoms with Gasteiger partial charge in [0.2, 0.25) is 11.8 Å². The highest BCUT2D eigenvalue weighted by molar-refractivity contribution is 6.15. The summed E-state index contributed by atoms with van der Waals surface area (Å²) in [4.78, 5) is 22.9. The maximum absolute atomic E-state index is 11.6. The van der Waals surface area contributed by atoms with E-state index in [0.29, 0.717) is 6.42 Å². The van der Waals surface area contributed by atoms with Crippen LogP contribution in [0.2, 0.25) is 0 Å². The Labute approximate surface area is 81.1 Å². The molecule has 2 fully saturated rings. The van der Waals surface area contributed by atoms with Crippen molar-refractivity contribution in [1.82, 2.24) is 5.32 Å². The van der Waals surface area contributed by atoms with Crippen molar-refractivity contribution in [1.29, 1.82) is 0 Å². The molecule has 1 saturated carbocycles. The number of rotatable bonds is 1. The number of benzene rings is 1. The maximum atomic E-state index is 11.6. The molecule has 1 saturated heterocycles. The fourth-order valence-corrected chi connectivity index (χ4v) is 2.33. The van der Waals surface area contributed by atoms with E-state index in [4.69, 9.17) is 0 Å². The van der Waals surface area contributed by atoms with Gasteiger partial charge in [-0.15, -0.1) is 0 Å². The van der Waals surface area contributed by atoms with Crippen molar-refractivity contribution in [3.8, 4) is 0 Å². The first-order chi connectivity index (χ1) is 6.75. The summed E-state index contributed by atoms with van der Waals surface area (Å²) >= 11 is 0. The van der Waals surface area contributed by atoms with E-state index in [-0.39, 0.29) is 17.7 Å². The van der Waals surface area contributed by atoms with Gasteiger partial charge in [0.1, 0.15) is 0 Å². The van der Waals surface area contributed by atoms with E-state index in [1.807, 2.05) is 30.3 Å². The van der Waals surface area contributed by atoms with Gasteiger partial charge in [-0.2, -0.15) is 0 Å². The number of carbonyl (C=O) groups is 2. The molecule has 2 aliphatic rings. The molecule has 14 heavy (non-hydrogen) atoms. The number of nitrogens with one attached hydrogen (secondary N) is 1. The molecule has 1 aromatic carbocycles. The highest BCUT2D eigenvalue weighted by Gasteiger charge is 2.69. The Morgan fingerprint density at radius 3 is 2.43 bits per heavy atom. The van der Waals surface area contributed by atoms with Gasteiger partial charge >= 0.3 is 0 Å². The van der Waals surface area contributed by atoms with E-state index in [2.05, 4.69) is 5.32 Å². The van der Waals surface area contributed by atoms with E-state index in [1.165, 1.54) is 0 Å². The van der Waals surface area contributed by atoms with Crippen LogP contribution >= 0.6 is 0 Å². The number of hydrogen-bond donors (Lipinski definition) is 1. The standard InChI is InChI=1S/C11H9NO2/c13-9-8-6-11(8,10(14)12-9)7-4-2-1-3-5-7/h1-5,8H,6H2,(H,12,13,14)/t8-,11?/m1/s1. The lowest BCUT2D eigenvalue weighted by Crippen LogP contribution is -2.30. The molecule has 2 amide bonds. The summed E-state index contributed by atoms with van der Waals surface area (Å²) in [6, 6.07) is 9.54. The quantitative estimate of drug-likeness (QED) is 0.654. The van der Waals surface area contributed by atoms with Crippen LogP contribution < -0.4 is 5.32 Å². The first-order valence-electron chi connectivity index (χ1n) is 4.66. The normalized spacial score (nSPS) is 33.9. The van der Waals surface area contributed by atoms with E-state index in [9.17, 15) is 9.59 Å². The number of carbonyl (C=O) groups excluding carboxylic acids is 2. The lowest BCUT2D eigenvalue weighted by atomic mass is 9.94. The van der Waals surface area contributed by atoms with Crippen LogP contribution in [0, 0.1) is 5.92 Å². The van der Waals surface area contributed by atoms with Crippen molar-refractivity contribution in [3.05, 3.63) is 35.9 Å². The Kier molecular flexibility index (Phi) is 1.23. The Morgan fingerprint density at radius 1 is 1.21 bits per heavy atom. The fraction of sp³-hybridized carbons (Fsp3) is 0.273. The summed E-state index contributed by atoms with van der Waals surface area (Å²) in [6.45, 7) is 0. The maximum Gasteiger partial charge on any atom is 0.238 e.